The fourth-order valence-corrected chi connectivity index (χ4v) is 3.76. The first-order valence-corrected chi connectivity index (χ1v) is 10.8. The lowest BCUT2D eigenvalue weighted by atomic mass is 9.97. The zero-order valence-electron chi connectivity index (χ0n) is 17.7. The number of amides is 2. The summed E-state index contributed by atoms with van der Waals surface area (Å²) >= 11 is 0. The molecule has 4 rings (SSSR count). The summed E-state index contributed by atoms with van der Waals surface area (Å²) in [5, 5.41) is 12.2. The summed E-state index contributed by atoms with van der Waals surface area (Å²) in [6, 6.07) is 23.3. The highest BCUT2D eigenvalue weighted by Crippen LogP contribution is 2.23. The number of aliphatic hydroxyl groups is 1. The van der Waals surface area contributed by atoms with E-state index in [2.05, 4.69) is 5.32 Å². The molecule has 2 N–H and O–H groups in total. The van der Waals surface area contributed by atoms with E-state index in [-0.39, 0.29) is 24.3 Å². The third kappa shape index (κ3) is 5.34. The lowest BCUT2D eigenvalue weighted by Gasteiger charge is -2.31. The number of carbonyl (C=O) groups is 2. The van der Waals surface area contributed by atoms with Gasteiger partial charge in [-0.3, -0.25) is 9.59 Å². The van der Waals surface area contributed by atoms with Crippen molar-refractivity contribution in [2.75, 3.05) is 25.0 Å². The van der Waals surface area contributed by atoms with Gasteiger partial charge in [0.05, 0.1) is 0 Å². The minimum atomic E-state index is -0.281. The van der Waals surface area contributed by atoms with E-state index in [0.717, 1.165) is 12.8 Å². The number of para-hydroxylation sites is 1. The molecule has 164 valence electrons. The largest absolute Gasteiger partial charge is 0.457 e. The van der Waals surface area contributed by atoms with Gasteiger partial charge in [-0.15, -0.1) is 0 Å². The first-order valence-electron chi connectivity index (χ1n) is 10.8. The molecule has 6 heteroatoms. The monoisotopic (exact) mass is 430 g/mol. The molecule has 0 saturated carbocycles. The van der Waals surface area contributed by atoms with E-state index in [1.54, 1.807) is 53.4 Å². The number of benzene rings is 3. The molecule has 2 amide bonds. The van der Waals surface area contributed by atoms with Gasteiger partial charge in [-0.1, -0.05) is 30.3 Å². The van der Waals surface area contributed by atoms with Gasteiger partial charge in [0.15, 0.2) is 0 Å². The Morgan fingerprint density at radius 3 is 2.31 bits per heavy atom. The second-order valence-corrected chi connectivity index (χ2v) is 7.90. The van der Waals surface area contributed by atoms with Crippen LogP contribution in [0.3, 0.4) is 0 Å². The lowest BCUT2D eigenvalue weighted by Crippen LogP contribution is -2.39. The van der Waals surface area contributed by atoms with Crippen molar-refractivity contribution in [3.63, 3.8) is 0 Å². The molecule has 1 fully saturated rings. The SMILES string of the molecule is O=C(Nc1cccc(C(=O)N2CCC(CO)CC2)c1)c1cccc(Oc2ccccc2)c1. The van der Waals surface area contributed by atoms with Crippen LogP contribution in [0.25, 0.3) is 0 Å². The predicted octanol–water partition coefficient (Wildman–Crippen LogP) is 4.58. The van der Waals surface area contributed by atoms with Gasteiger partial charge >= 0.3 is 0 Å². The molecule has 1 saturated heterocycles. The van der Waals surface area contributed by atoms with E-state index in [0.29, 0.717) is 41.4 Å². The van der Waals surface area contributed by atoms with Gasteiger partial charge in [0.1, 0.15) is 11.5 Å². The van der Waals surface area contributed by atoms with Crippen molar-refractivity contribution in [2.45, 2.75) is 12.8 Å². The number of carbonyl (C=O) groups excluding carboxylic acids is 2. The molecule has 0 unspecified atom stereocenters. The number of likely N-dealkylation sites (tertiary alicyclic amines) is 1. The maximum atomic E-state index is 12.9. The number of piperidine rings is 1. The third-order valence-electron chi connectivity index (χ3n) is 5.60. The van der Waals surface area contributed by atoms with Gasteiger partial charge in [0, 0.05) is 36.5 Å². The molecule has 0 atom stereocenters. The van der Waals surface area contributed by atoms with Gasteiger partial charge in [0.2, 0.25) is 0 Å². The fraction of sp³-hybridized carbons (Fsp3) is 0.231. The Morgan fingerprint density at radius 1 is 0.875 bits per heavy atom. The number of hydrogen-bond acceptors (Lipinski definition) is 4. The molecule has 32 heavy (non-hydrogen) atoms. The molecule has 3 aromatic rings. The van der Waals surface area contributed by atoms with Crippen LogP contribution in [-0.2, 0) is 0 Å². The predicted molar refractivity (Wildman–Crippen MR) is 123 cm³/mol. The molecule has 1 aliphatic heterocycles. The van der Waals surface area contributed by atoms with Crippen molar-refractivity contribution in [1.82, 2.24) is 4.90 Å². The van der Waals surface area contributed by atoms with E-state index in [9.17, 15) is 14.7 Å². The summed E-state index contributed by atoms with van der Waals surface area (Å²) in [4.78, 5) is 27.4. The lowest BCUT2D eigenvalue weighted by molar-refractivity contribution is 0.0650. The van der Waals surface area contributed by atoms with E-state index in [1.807, 2.05) is 30.3 Å². The zero-order valence-corrected chi connectivity index (χ0v) is 17.7. The highest BCUT2D eigenvalue weighted by Gasteiger charge is 2.23. The maximum absolute atomic E-state index is 12.9. The quantitative estimate of drug-likeness (QED) is 0.600. The first-order chi connectivity index (χ1) is 15.6. The Labute approximate surface area is 187 Å². The van der Waals surface area contributed by atoms with Crippen LogP contribution in [-0.4, -0.2) is 41.5 Å². The van der Waals surface area contributed by atoms with Crippen LogP contribution in [0.15, 0.2) is 78.9 Å². The minimum Gasteiger partial charge on any atom is -0.457 e. The molecule has 6 nitrogen and oxygen atoms in total. The van der Waals surface area contributed by atoms with Crippen LogP contribution in [0.5, 0.6) is 11.5 Å². The van der Waals surface area contributed by atoms with Gasteiger partial charge in [-0.05, 0) is 67.3 Å². The molecule has 0 aromatic heterocycles. The second kappa shape index (κ2) is 10.1. The molecule has 3 aromatic carbocycles. The van der Waals surface area contributed by atoms with Crippen molar-refractivity contribution < 1.29 is 19.4 Å². The minimum absolute atomic E-state index is 0.0595. The fourth-order valence-electron chi connectivity index (χ4n) is 3.76. The molecule has 1 aliphatic rings. The van der Waals surface area contributed by atoms with E-state index in [1.165, 1.54) is 0 Å². The summed E-state index contributed by atoms with van der Waals surface area (Å²) in [6.45, 7) is 1.44. The summed E-state index contributed by atoms with van der Waals surface area (Å²) < 4.78 is 5.81. The van der Waals surface area contributed by atoms with Crippen LogP contribution in [0, 0.1) is 5.92 Å². The Bertz CT molecular complexity index is 1080. The van der Waals surface area contributed by atoms with Crippen LogP contribution < -0.4 is 10.1 Å². The van der Waals surface area contributed by atoms with E-state index < -0.39 is 0 Å². The molecule has 1 heterocycles. The number of anilines is 1. The smallest absolute Gasteiger partial charge is 0.255 e. The summed E-state index contributed by atoms with van der Waals surface area (Å²) in [7, 11) is 0. The molecule has 0 radical (unpaired) electrons. The standard InChI is InChI=1S/C26H26N2O4/c29-18-19-12-14-28(15-13-19)26(31)21-7-4-8-22(16-21)27-25(30)20-6-5-11-24(17-20)32-23-9-2-1-3-10-23/h1-11,16-17,19,29H,12-15,18H2,(H,27,30). The Balaban J connectivity index is 1.42. The topological polar surface area (TPSA) is 78.9 Å². The number of rotatable bonds is 6. The maximum Gasteiger partial charge on any atom is 0.255 e. The van der Waals surface area contributed by atoms with Crippen LogP contribution >= 0.6 is 0 Å². The second-order valence-electron chi connectivity index (χ2n) is 7.90. The molecular weight excluding hydrogens is 404 g/mol. The third-order valence-corrected chi connectivity index (χ3v) is 5.60. The van der Waals surface area contributed by atoms with Crippen molar-refractivity contribution in [3.8, 4) is 11.5 Å². The van der Waals surface area contributed by atoms with Gasteiger partial charge in [0.25, 0.3) is 11.8 Å². The molecule has 0 bridgehead atoms. The molecule has 0 spiro atoms. The Hall–Kier alpha value is -3.64. The number of nitrogens with zero attached hydrogens (tertiary/aromatic N) is 1. The normalized spacial score (nSPS) is 14.1. The number of hydrogen-bond donors (Lipinski definition) is 2. The number of nitrogens with one attached hydrogen (secondary N) is 1. The summed E-state index contributed by atoms with van der Waals surface area (Å²) in [6.07, 6.45) is 1.61. The van der Waals surface area contributed by atoms with Gasteiger partial charge < -0.3 is 20.1 Å². The highest BCUT2D eigenvalue weighted by atomic mass is 16.5. The number of ether oxygens (including phenoxy) is 1. The summed E-state index contributed by atoms with van der Waals surface area (Å²) in [5.74, 6) is 1.19. The average molecular weight is 431 g/mol. The van der Waals surface area contributed by atoms with Gasteiger partial charge in [-0.2, -0.15) is 0 Å². The summed E-state index contributed by atoms with van der Waals surface area (Å²) in [5.41, 5.74) is 1.55. The Morgan fingerprint density at radius 2 is 1.56 bits per heavy atom. The van der Waals surface area contributed by atoms with Gasteiger partial charge in [-0.25, -0.2) is 0 Å². The number of aliphatic hydroxyl groups excluding tert-OH is 1. The first kappa shape index (κ1) is 21.6. The van der Waals surface area contributed by atoms with E-state index in [4.69, 9.17) is 4.74 Å². The van der Waals surface area contributed by atoms with Crippen molar-refractivity contribution in [1.29, 1.82) is 0 Å². The van der Waals surface area contributed by atoms with E-state index >= 15 is 0 Å². The average Bonchev–Trinajstić information content (AvgIpc) is 2.84. The van der Waals surface area contributed by atoms with Crippen LogP contribution in [0.2, 0.25) is 0 Å². The highest BCUT2D eigenvalue weighted by molar-refractivity contribution is 6.05. The van der Waals surface area contributed by atoms with Crippen molar-refractivity contribution in [3.05, 3.63) is 90.0 Å². The zero-order chi connectivity index (χ0) is 22.3. The Kier molecular flexibility index (Phi) is 6.82. The van der Waals surface area contributed by atoms with Crippen LogP contribution in [0.4, 0.5) is 5.69 Å². The van der Waals surface area contributed by atoms with Crippen molar-refractivity contribution in [2.24, 2.45) is 5.92 Å². The van der Waals surface area contributed by atoms with Crippen LogP contribution in [0.1, 0.15) is 33.6 Å². The molecule has 0 aliphatic carbocycles. The molecular formula is C26H26N2O4. The van der Waals surface area contributed by atoms with Crippen molar-refractivity contribution >= 4 is 17.5 Å².